The zero-order valence-electron chi connectivity index (χ0n) is 12.1. The van der Waals surface area contributed by atoms with Crippen LogP contribution in [-0.4, -0.2) is 35.0 Å². The van der Waals surface area contributed by atoms with Gasteiger partial charge in [0.2, 0.25) is 0 Å². The van der Waals surface area contributed by atoms with Crippen molar-refractivity contribution < 1.29 is 19.7 Å². The van der Waals surface area contributed by atoms with E-state index in [1.165, 1.54) is 0 Å². The molecule has 1 saturated heterocycles. The van der Waals surface area contributed by atoms with E-state index in [1.807, 2.05) is 13.8 Å². The van der Waals surface area contributed by atoms with E-state index in [2.05, 4.69) is 13.8 Å². The average molecular weight is 268 g/mol. The standard InChI is InChI=1S/C15H24O4/c1-7-9-6-19-13(18)15(9,4)8-5-14(2,3)10(8)12(17)11(7)16/h7-12,16-17H,5-6H2,1-4H3. The number of carbonyl (C=O) groups is 1. The summed E-state index contributed by atoms with van der Waals surface area (Å²) in [4.78, 5) is 12.3. The maximum absolute atomic E-state index is 12.3. The van der Waals surface area contributed by atoms with Crippen LogP contribution >= 0.6 is 0 Å². The summed E-state index contributed by atoms with van der Waals surface area (Å²) in [5, 5.41) is 20.9. The predicted molar refractivity (Wildman–Crippen MR) is 69.1 cm³/mol. The third kappa shape index (κ3) is 1.44. The molecule has 1 aliphatic heterocycles. The molecular formula is C15H24O4. The van der Waals surface area contributed by atoms with Crippen molar-refractivity contribution in [1.29, 1.82) is 0 Å². The second-order valence-electron chi connectivity index (χ2n) is 7.65. The minimum atomic E-state index is -0.770. The molecule has 7 unspecified atom stereocenters. The number of hydrogen-bond acceptors (Lipinski definition) is 4. The lowest BCUT2D eigenvalue weighted by Crippen LogP contribution is -2.58. The fourth-order valence-electron chi connectivity index (χ4n) is 5.03. The number of esters is 1. The van der Waals surface area contributed by atoms with Crippen LogP contribution in [0.25, 0.3) is 0 Å². The van der Waals surface area contributed by atoms with Gasteiger partial charge in [0, 0.05) is 5.92 Å². The van der Waals surface area contributed by atoms with Crippen molar-refractivity contribution in [2.24, 2.45) is 34.5 Å². The normalized spacial score (nSPS) is 55.6. The molecule has 0 spiro atoms. The van der Waals surface area contributed by atoms with Crippen LogP contribution in [-0.2, 0) is 9.53 Å². The monoisotopic (exact) mass is 268 g/mol. The zero-order chi connectivity index (χ0) is 14.2. The van der Waals surface area contributed by atoms with Gasteiger partial charge in [-0.2, -0.15) is 0 Å². The number of aliphatic hydroxyl groups excluding tert-OH is 2. The number of hydrogen-bond donors (Lipinski definition) is 2. The molecule has 0 aromatic heterocycles. The third-order valence-corrected chi connectivity index (χ3v) is 6.35. The maximum atomic E-state index is 12.3. The minimum absolute atomic E-state index is 0.00995. The molecule has 108 valence electrons. The number of fused-ring (bicyclic) bond motifs is 3. The molecule has 0 bridgehead atoms. The zero-order valence-corrected chi connectivity index (χ0v) is 12.1. The Kier molecular flexibility index (Phi) is 2.63. The van der Waals surface area contributed by atoms with Crippen LogP contribution in [0.1, 0.15) is 34.1 Å². The second kappa shape index (κ2) is 3.73. The van der Waals surface area contributed by atoms with Gasteiger partial charge in [-0.05, 0) is 36.5 Å². The van der Waals surface area contributed by atoms with Gasteiger partial charge in [-0.15, -0.1) is 0 Å². The summed E-state index contributed by atoms with van der Waals surface area (Å²) in [5.74, 6) is -0.151. The van der Waals surface area contributed by atoms with E-state index in [0.29, 0.717) is 6.61 Å². The lowest BCUT2D eigenvalue weighted by molar-refractivity contribution is -0.174. The van der Waals surface area contributed by atoms with E-state index in [9.17, 15) is 15.0 Å². The first-order valence-electron chi connectivity index (χ1n) is 7.24. The Morgan fingerprint density at radius 3 is 2.37 bits per heavy atom. The molecule has 3 rings (SSSR count). The first kappa shape index (κ1) is 13.4. The quantitative estimate of drug-likeness (QED) is 0.648. The number of cyclic esters (lactones) is 1. The van der Waals surface area contributed by atoms with Crippen molar-refractivity contribution in [2.75, 3.05) is 6.61 Å². The van der Waals surface area contributed by atoms with Crippen LogP contribution in [0, 0.1) is 34.5 Å². The molecule has 2 aliphatic carbocycles. The number of ether oxygens (including phenoxy) is 1. The third-order valence-electron chi connectivity index (χ3n) is 6.35. The first-order valence-corrected chi connectivity index (χ1v) is 7.24. The largest absolute Gasteiger partial charge is 0.465 e. The summed E-state index contributed by atoms with van der Waals surface area (Å²) < 4.78 is 5.30. The lowest BCUT2D eigenvalue weighted by Gasteiger charge is -2.57. The van der Waals surface area contributed by atoms with E-state index in [1.54, 1.807) is 0 Å². The molecule has 0 aromatic carbocycles. The Labute approximate surface area is 114 Å². The van der Waals surface area contributed by atoms with Gasteiger partial charge in [0.25, 0.3) is 0 Å². The summed E-state index contributed by atoms with van der Waals surface area (Å²) in [7, 11) is 0. The highest BCUT2D eigenvalue weighted by Crippen LogP contribution is 2.65. The Balaban J connectivity index is 2.07. The summed E-state index contributed by atoms with van der Waals surface area (Å²) in [6.07, 6.45) is -0.594. The van der Waals surface area contributed by atoms with Gasteiger partial charge in [0.1, 0.15) is 0 Å². The summed E-state index contributed by atoms with van der Waals surface area (Å²) in [5.41, 5.74) is -0.566. The van der Waals surface area contributed by atoms with Crippen LogP contribution in [0.2, 0.25) is 0 Å². The Morgan fingerprint density at radius 2 is 1.79 bits per heavy atom. The molecule has 3 aliphatic rings. The molecule has 4 nitrogen and oxygen atoms in total. The Hall–Kier alpha value is -0.610. The van der Waals surface area contributed by atoms with Crippen LogP contribution in [0.4, 0.5) is 0 Å². The predicted octanol–water partition coefficient (Wildman–Crippen LogP) is 1.20. The van der Waals surface area contributed by atoms with Crippen LogP contribution in [0.3, 0.4) is 0 Å². The van der Waals surface area contributed by atoms with E-state index in [-0.39, 0.29) is 35.1 Å². The number of carbonyl (C=O) groups excluding carboxylic acids is 1. The van der Waals surface area contributed by atoms with Gasteiger partial charge in [-0.1, -0.05) is 20.8 Å². The molecular weight excluding hydrogens is 244 g/mol. The average Bonchev–Trinajstić information content (AvgIpc) is 2.59. The summed E-state index contributed by atoms with van der Waals surface area (Å²) >= 11 is 0. The van der Waals surface area contributed by atoms with Gasteiger partial charge in [0.05, 0.1) is 24.2 Å². The van der Waals surface area contributed by atoms with E-state index in [4.69, 9.17) is 4.74 Å². The molecule has 19 heavy (non-hydrogen) atoms. The van der Waals surface area contributed by atoms with Crippen molar-refractivity contribution in [2.45, 2.75) is 46.3 Å². The molecule has 3 fully saturated rings. The van der Waals surface area contributed by atoms with Crippen molar-refractivity contribution in [3.63, 3.8) is 0 Å². The van der Waals surface area contributed by atoms with Gasteiger partial charge >= 0.3 is 5.97 Å². The smallest absolute Gasteiger partial charge is 0.312 e. The number of aliphatic hydroxyl groups is 2. The SMILES string of the molecule is CC1C(O)C(O)C2C(CC2(C)C)C2(C)C(=O)OCC12. The molecule has 7 atom stereocenters. The van der Waals surface area contributed by atoms with E-state index in [0.717, 1.165) is 6.42 Å². The Morgan fingerprint density at radius 1 is 1.16 bits per heavy atom. The molecule has 0 amide bonds. The molecule has 0 radical (unpaired) electrons. The number of rotatable bonds is 0. The molecule has 1 heterocycles. The fourth-order valence-corrected chi connectivity index (χ4v) is 5.03. The summed E-state index contributed by atoms with van der Waals surface area (Å²) in [6.45, 7) is 8.50. The van der Waals surface area contributed by atoms with Gasteiger partial charge in [-0.3, -0.25) is 4.79 Å². The highest BCUT2D eigenvalue weighted by molar-refractivity contribution is 5.79. The highest BCUT2D eigenvalue weighted by atomic mass is 16.5. The highest BCUT2D eigenvalue weighted by Gasteiger charge is 2.68. The van der Waals surface area contributed by atoms with Crippen molar-refractivity contribution in [3.8, 4) is 0 Å². The van der Waals surface area contributed by atoms with Gasteiger partial charge < -0.3 is 14.9 Å². The van der Waals surface area contributed by atoms with Crippen LogP contribution in [0.5, 0.6) is 0 Å². The van der Waals surface area contributed by atoms with Gasteiger partial charge in [-0.25, -0.2) is 0 Å². The molecule has 2 saturated carbocycles. The van der Waals surface area contributed by atoms with Crippen molar-refractivity contribution >= 4 is 5.97 Å². The maximum Gasteiger partial charge on any atom is 0.312 e. The van der Waals surface area contributed by atoms with Crippen LogP contribution in [0.15, 0.2) is 0 Å². The van der Waals surface area contributed by atoms with E-state index < -0.39 is 17.6 Å². The van der Waals surface area contributed by atoms with Gasteiger partial charge in [0.15, 0.2) is 0 Å². The second-order valence-corrected chi connectivity index (χ2v) is 7.65. The topological polar surface area (TPSA) is 66.8 Å². The van der Waals surface area contributed by atoms with Crippen LogP contribution < -0.4 is 0 Å². The molecule has 4 heteroatoms. The Bertz CT molecular complexity index is 418. The lowest BCUT2D eigenvalue weighted by atomic mass is 9.46. The minimum Gasteiger partial charge on any atom is -0.465 e. The van der Waals surface area contributed by atoms with Crippen molar-refractivity contribution in [3.05, 3.63) is 0 Å². The fraction of sp³-hybridized carbons (Fsp3) is 0.933. The summed E-state index contributed by atoms with van der Waals surface area (Å²) in [6, 6.07) is 0. The molecule has 0 aromatic rings. The van der Waals surface area contributed by atoms with Crippen molar-refractivity contribution in [1.82, 2.24) is 0 Å². The molecule has 2 N–H and O–H groups in total. The van der Waals surface area contributed by atoms with E-state index >= 15 is 0 Å². The first-order chi connectivity index (χ1) is 8.71.